The number of unbranched alkanes of at least 4 members (excludes halogenated alkanes) is 13. The lowest BCUT2D eigenvalue weighted by atomic mass is 9.99. The number of hydrogen-bond donors (Lipinski definition) is 7. The van der Waals surface area contributed by atoms with Crippen LogP contribution in [0.5, 0.6) is 0 Å². The Hall–Kier alpha value is -0.360. The summed E-state index contributed by atoms with van der Waals surface area (Å²) in [6, 6.07) is -0.127. The molecule has 0 bridgehead atoms. The molecule has 1 aliphatic heterocycles. The lowest BCUT2D eigenvalue weighted by Crippen LogP contribution is -2.60. The van der Waals surface area contributed by atoms with Crippen molar-refractivity contribution in [2.75, 3.05) is 6.61 Å². The van der Waals surface area contributed by atoms with Crippen molar-refractivity contribution in [2.45, 2.75) is 172 Å². The normalized spacial score (nSPS) is 27.6. The van der Waals surface area contributed by atoms with Crippen LogP contribution in [0.2, 0.25) is 0 Å². The summed E-state index contributed by atoms with van der Waals surface area (Å²) >= 11 is 0. The molecule has 222 valence electrons. The van der Waals surface area contributed by atoms with E-state index in [-0.39, 0.29) is 12.1 Å². The van der Waals surface area contributed by atoms with Gasteiger partial charge in [0.05, 0.1) is 24.9 Å². The molecule has 1 aliphatic rings. The third kappa shape index (κ3) is 14.6. The Labute approximate surface area is 224 Å². The summed E-state index contributed by atoms with van der Waals surface area (Å²) in [4.78, 5) is 0. The summed E-state index contributed by atoms with van der Waals surface area (Å²) in [5.74, 6) is 0. The van der Waals surface area contributed by atoms with Crippen molar-refractivity contribution in [1.82, 2.24) is 0 Å². The third-order valence-electron chi connectivity index (χ3n) is 7.60. The van der Waals surface area contributed by atoms with Crippen molar-refractivity contribution < 1.29 is 40.1 Å². The van der Waals surface area contributed by atoms with Crippen molar-refractivity contribution >= 4 is 0 Å². The second-order valence-corrected chi connectivity index (χ2v) is 11.1. The average molecular weight is 536 g/mol. The number of nitrogens with two attached hydrogens (primary N) is 1. The number of aliphatic hydroxyl groups is 6. The monoisotopic (exact) mass is 535 g/mol. The van der Waals surface area contributed by atoms with Crippen LogP contribution in [-0.4, -0.2) is 92.3 Å². The third-order valence-corrected chi connectivity index (χ3v) is 7.60. The van der Waals surface area contributed by atoms with Crippen LogP contribution in [0.15, 0.2) is 0 Å². The largest absolute Gasteiger partial charge is 0.394 e. The SMILES string of the molecule is C[C@H](N)[C@H](O)CCCCCCCCCCCCCCCC[C@H](O)[C@H](C)O[C@H]1O[C@@H](CO)[C@H](O)[C@@H](O)[C@@H]1O. The van der Waals surface area contributed by atoms with Crippen LogP contribution in [0.3, 0.4) is 0 Å². The first kappa shape index (κ1) is 34.7. The minimum Gasteiger partial charge on any atom is -0.394 e. The van der Waals surface area contributed by atoms with Gasteiger partial charge >= 0.3 is 0 Å². The summed E-state index contributed by atoms with van der Waals surface area (Å²) in [5.41, 5.74) is 5.67. The van der Waals surface area contributed by atoms with Crippen molar-refractivity contribution in [1.29, 1.82) is 0 Å². The summed E-state index contributed by atoms with van der Waals surface area (Å²) in [5, 5.41) is 59.1. The first-order valence-electron chi connectivity index (χ1n) is 14.8. The molecule has 9 atom stereocenters. The van der Waals surface area contributed by atoms with Gasteiger partial charge in [-0.15, -0.1) is 0 Å². The molecule has 0 aliphatic carbocycles. The van der Waals surface area contributed by atoms with Gasteiger partial charge in [0, 0.05) is 6.04 Å². The molecule has 0 aromatic heterocycles. The van der Waals surface area contributed by atoms with Crippen LogP contribution in [0.25, 0.3) is 0 Å². The van der Waals surface area contributed by atoms with Crippen LogP contribution in [-0.2, 0) is 9.47 Å². The topological polar surface area (TPSA) is 166 Å². The van der Waals surface area contributed by atoms with Crippen LogP contribution in [0.4, 0.5) is 0 Å². The second-order valence-electron chi connectivity index (χ2n) is 11.1. The highest BCUT2D eigenvalue weighted by Gasteiger charge is 2.44. The molecular weight excluding hydrogens is 478 g/mol. The van der Waals surface area contributed by atoms with Gasteiger partial charge in [0.25, 0.3) is 0 Å². The number of ether oxygens (including phenoxy) is 2. The van der Waals surface area contributed by atoms with Gasteiger partial charge in [0.2, 0.25) is 0 Å². The molecule has 0 aromatic carbocycles. The van der Waals surface area contributed by atoms with Gasteiger partial charge in [-0.1, -0.05) is 89.9 Å². The van der Waals surface area contributed by atoms with Gasteiger partial charge in [-0.2, -0.15) is 0 Å². The molecule has 9 nitrogen and oxygen atoms in total. The summed E-state index contributed by atoms with van der Waals surface area (Å²) in [6.45, 7) is 3.03. The first-order chi connectivity index (χ1) is 17.7. The molecule has 1 heterocycles. The fourth-order valence-corrected chi connectivity index (χ4v) is 4.81. The van der Waals surface area contributed by atoms with E-state index in [0.717, 1.165) is 32.1 Å². The van der Waals surface area contributed by atoms with E-state index < -0.39 is 49.5 Å². The molecule has 0 radical (unpaired) electrons. The standard InChI is InChI=1S/C28H57NO8/c1-20(29)22(31)17-15-13-11-9-7-5-3-4-6-8-10-12-14-16-18-23(32)21(2)36-28-27(35)26(34)25(33)24(19-30)37-28/h20-28,30-35H,3-19,29H2,1-2H3/t20-,21-,22+,23-,24-,25-,26+,27-,28-/m0/s1. The average Bonchev–Trinajstić information content (AvgIpc) is 2.88. The molecule has 0 spiro atoms. The van der Waals surface area contributed by atoms with E-state index in [2.05, 4.69) is 0 Å². The van der Waals surface area contributed by atoms with E-state index in [1.54, 1.807) is 6.92 Å². The predicted octanol–water partition coefficient (Wildman–Crippen LogP) is 2.50. The van der Waals surface area contributed by atoms with E-state index in [1.165, 1.54) is 64.2 Å². The highest BCUT2D eigenvalue weighted by Crippen LogP contribution is 2.24. The van der Waals surface area contributed by atoms with Gasteiger partial charge in [0.15, 0.2) is 6.29 Å². The molecule has 0 amide bonds. The zero-order chi connectivity index (χ0) is 27.6. The maximum Gasteiger partial charge on any atom is 0.187 e. The highest BCUT2D eigenvalue weighted by molar-refractivity contribution is 4.89. The van der Waals surface area contributed by atoms with E-state index >= 15 is 0 Å². The van der Waals surface area contributed by atoms with Crippen LogP contribution in [0.1, 0.15) is 117 Å². The van der Waals surface area contributed by atoms with Crippen molar-refractivity contribution in [3.05, 3.63) is 0 Å². The van der Waals surface area contributed by atoms with E-state index in [0.29, 0.717) is 6.42 Å². The second kappa shape index (κ2) is 20.5. The first-order valence-corrected chi connectivity index (χ1v) is 14.8. The summed E-state index contributed by atoms with van der Waals surface area (Å²) < 4.78 is 10.9. The molecule has 0 saturated carbocycles. The van der Waals surface area contributed by atoms with E-state index in [1.807, 2.05) is 6.92 Å². The number of hydrogen-bond acceptors (Lipinski definition) is 9. The molecule has 8 N–H and O–H groups in total. The molecule has 9 heteroatoms. The Bertz CT molecular complexity index is 538. The van der Waals surface area contributed by atoms with Gasteiger partial charge in [-0.05, 0) is 26.7 Å². The van der Waals surface area contributed by atoms with Crippen molar-refractivity contribution in [2.24, 2.45) is 5.73 Å². The summed E-state index contributed by atoms with van der Waals surface area (Å²) in [6.07, 6.45) is 9.91. The molecule has 0 aromatic rings. The van der Waals surface area contributed by atoms with Gasteiger partial charge < -0.3 is 45.8 Å². The van der Waals surface area contributed by atoms with Gasteiger partial charge in [-0.25, -0.2) is 0 Å². The lowest BCUT2D eigenvalue weighted by molar-refractivity contribution is -0.315. The molecule has 0 unspecified atom stereocenters. The fraction of sp³-hybridized carbons (Fsp3) is 1.00. The van der Waals surface area contributed by atoms with Crippen LogP contribution in [0, 0.1) is 0 Å². The van der Waals surface area contributed by atoms with Gasteiger partial charge in [0.1, 0.15) is 24.4 Å². The molecule has 1 rings (SSSR count). The molecular formula is C28H57NO8. The maximum atomic E-state index is 10.4. The van der Waals surface area contributed by atoms with E-state index in [9.17, 15) is 30.6 Å². The van der Waals surface area contributed by atoms with Crippen molar-refractivity contribution in [3.63, 3.8) is 0 Å². The minimum absolute atomic E-state index is 0.127. The highest BCUT2D eigenvalue weighted by atomic mass is 16.7. The zero-order valence-electron chi connectivity index (χ0n) is 23.3. The minimum atomic E-state index is -1.48. The number of rotatable bonds is 22. The van der Waals surface area contributed by atoms with Gasteiger partial charge in [-0.3, -0.25) is 0 Å². The van der Waals surface area contributed by atoms with Crippen LogP contribution < -0.4 is 5.73 Å². The van der Waals surface area contributed by atoms with Crippen LogP contribution >= 0.6 is 0 Å². The Balaban J connectivity index is 1.94. The van der Waals surface area contributed by atoms with E-state index in [4.69, 9.17) is 15.2 Å². The Morgan fingerprint density at radius 3 is 1.46 bits per heavy atom. The fourth-order valence-electron chi connectivity index (χ4n) is 4.81. The molecule has 37 heavy (non-hydrogen) atoms. The molecule has 1 saturated heterocycles. The Morgan fingerprint density at radius 1 is 0.649 bits per heavy atom. The summed E-state index contributed by atoms with van der Waals surface area (Å²) in [7, 11) is 0. The smallest absolute Gasteiger partial charge is 0.187 e. The quantitative estimate of drug-likeness (QED) is 0.103. The van der Waals surface area contributed by atoms with Crippen molar-refractivity contribution in [3.8, 4) is 0 Å². The Kier molecular flexibility index (Phi) is 19.2. The zero-order valence-corrected chi connectivity index (χ0v) is 23.3. The Morgan fingerprint density at radius 2 is 1.05 bits per heavy atom. The lowest BCUT2D eigenvalue weighted by Gasteiger charge is -2.41. The predicted molar refractivity (Wildman–Crippen MR) is 144 cm³/mol. The maximum absolute atomic E-state index is 10.4. The number of aliphatic hydroxyl groups excluding tert-OH is 6. The molecule has 1 fully saturated rings.